The Kier molecular flexibility index (Phi) is 8.24. The van der Waals surface area contributed by atoms with Crippen molar-refractivity contribution < 1.29 is 9.59 Å². The monoisotopic (exact) mass is 380 g/mol. The van der Waals surface area contributed by atoms with E-state index in [9.17, 15) is 9.59 Å². The molecule has 2 aromatic carbocycles. The highest BCUT2D eigenvalue weighted by atomic mass is 16.2. The lowest BCUT2D eigenvalue weighted by atomic mass is 9.88. The second-order valence-electron chi connectivity index (χ2n) is 7.96. The van der Waals surface area contributed by atoms with Crippen LogP contribution in [-0.2, 0) is 16.0 Å². The summed E-state index contributed by atoms with van der Waals surface area (Å²) in [6.07, 6.45) is 0.274. The van der Waals surface area contributed by atoms with Gasteiger partial charge in [0.1, 0.15) is 6.04 Å². The van der Waals surface area contributed by atoms with Gasteiger partial charge in [0.25, 0.3) is 0 Å². The average Bonchev–Trinajstić information content (AvgIpc) is 2.67. The molecule has 0 saturated carbocycles. The molecule has 0 aliphatic carbocycles. The Morgan fingerprint density at radius 1 is 0.821 bits per heavy atom. The first kappa shape index (κ1) is 21.7. The van der Waals surface area contributed by atoms with Crippen LogP contribution in [0, 0.1) is 11.8 Å². The molecule has 0 aliphatic heterocycles. The lowest BCUT2D eigenvalue weighted by Crippen LogP contribution is -2.50. The number of carbonyl (C=O) groups is 2. The molecule has 28 heavy (non-hydrogen) atoms. The third kappa shape index (κ3) is 6.52. The number of rotatable bonds is 9. The van der Waals surface area contributed by atoms with Crippen LogP contribution >= 0.6 is 0 Å². The van der Waals surface area contributed by atoms with Gasteiger partial charge < -0.3 is 10.6 Å². The zero-order valence-corrected chi connectivity index (χ0v) is 17.3. The van der Waals surface area contributed by atoms with E-state index in [0.29, 0.717) is 12.5 Å². The highest BCUT2D eigenvalue weighted by Crippen LogP contribution is 2.23. The molecule has 0 heterocycles. The average molecular weight is 381 g/mol. The van der Waals surface area contributed by atoms with E-state index in [1.54, 1.807) is 0 Å². The lowest BCUT2D eigenvalue weighted by Gasteiger charge is -2.25. The summed E-state index contributed by atoms with van der Waals surface area (Å²) in [5.74, 6) is 0.376. The van der Waals surface area contributed by atoms with Crippen LogP contribution in [0.25, 0.3) is 0 Å². The molecule has 0 aromatic heterocycles. The fourth-order valence-electron chi connectivity index (χ4n) is 3.30. The highest BCUT2D eigenvalue weighted by molar-refractivity contribution is 5.88. The lowest BCUT2D eigenvalue weighted by molar-refractivity contribution is -0.129. The van der Waals surface area contributed by atoms with Crippen LogP contribution in [0.4, 0.5) is 0 Å². The zero-order valence-electron chi connectivity index (χ0n) is 17.3. The van der Waals surface area contributed by atoms with Gasteiger partial charge in [-0.1, -0.05) is 88.4 Å². The normalized spacial score (nSPS) is 13.2. The van der Waals surface area contributed by atoms with Crippen LogP contribution in [0.2, 0.25) is 0 Å². The standard InChI is InChI=1S/C24H32N2O2/c1-17(2)21(20-13-9-6-10-14-20)16-25-24(28)23(18(3)4)26-22(27)15-19-11-7-5-8-12-19/h5-14,17-18,21,23H,15-16H2,1-4H3,(H,25,28)(H,26,27). The van der Waals surface area contributed by atoms with Crippen LogP contribution in [0.5, 0.6) is 0 Å². The van der Waals surface area contributed by atoms with E-state index in [-0.39, 0.29) is 30.1 Å². The fourth-order valence-corrected chi connectivity index (χ4v) is 3.30. The topological polar surface area (TPSA) is 58.2 Å². The van der Waals surface area contributed by atoms with E-state index < -0.39 is 6.04 Å². The van der Waals surface area contributed by atoms with Crippen molar-refractivity contribution in [3.63, 3.8) is 0 Å². The predicted octanol–water partition coefficient (Wildman–Crippen LogP) is 3.93. The van der Waals surface area contributed by atoms with Gasteiger partial charge in [0.05, 0.1) is 6.42 Å². The molecule has 0 fully saturated rings. The predicted molar refractivity (Wildman–Crippen MR) is 114 cm³/mol. The van der Waals surface area contributed by atoms with Crippen molar-refractivity contribution in [2.45, 2.75) is 46.1 Å². The minimum atomic E-state index is -0.542. The third-order valence-electron chi connectivity index (χ3n) is 5.00. The highest BCUT2D eigenvalue weighted by Gasteiger charge is 2.25. The van der Waals surface area contributed by atoms with Gasteiger partial charge >= 0.3 is 0 Å². The minimum Gasteiger partial charge on any atom is -0.354 e. The summed E-state index contributed by atoms with van der Waals surface area (Å²) in [5.41, 5.74) is 2.15. The molecule has 2 atom stereocenters. The molecule has 2 N–H and O–H groups in total. The molecule has 0 spiro atoms. The van der Waals surface area contributed by atoms with Crippen molar-refractivity contribution >= 4 is 11.8 Å². The van der Waals surface area contributed by atoms with Gasteiger partial charge in [-0.2, -0.15) is 0 Å². The summed E-state index contributed by atoms with van der Waals surface area (Å²) in [6, 6.07) is 19.3. The van der Waals surface area contributed by atoms with Crippen molar-refractivity contribution in [1.82, 2.24) is 10.6 Å². The maximum Gasteiger partial charge on any atom is 0.242 e. The Labute approximate surface area is 168 Å². The Bertz CT molecular complexity index is 742. The quantitative estimate of drug-likeness (QED) is 0.693. The molecule has 2 rings (SSSR count). The summed E-state index contributed by atoms with van der Waals surface area (Å²) in [4.78, 5) is 25.2. The molecule has 2 amide bonds. The molecule has 2 aromatic rings. The van der Waals surface area contributed by atoms with Gasteiger partial charge in [0.15, 0.2) is 0 Å². The van der Waals surface area contributed by atoms with Crippen LogP contribution < -0.4 is 10.6 Å². The number of hydrogen-bond acceptors (Lipinski definition) is 2. The van der Waals surface area contributed by atoms with Gasteiger partial charge in [0.2, 0.25) is 11.8 Å². The van der Waals surface area contributed by atoms with Crippen molar-refractivity contribution in [2.24, 2.45) is 11.8 Å². The molecule has 0 aliphatic rings. The van der Waals surface area contributed by atoms with E-state index in [2.05, 4.69) is 36.6 Å². The maximum atomic E-state index is 12.8. The number of amides is 2. The molecule has 0 radical (unpaired) electrons. The van der Waals surface area contributed by atoms with Crippen molar-refractivity contribution in [1.29, 1.82) is 0 Å². The Morgan fingerprint density at radius 3 is 1.93 bits per heavy atom. The third-order valence-corrected chi connectivity index (χ3v) is 5.00. The zero-order chi connectivity index (χ0) is 20.5. The smallest absolute Gasteiger partial charge is 0.242 e. The molecule has 4 nitrogen and oxygen atoms in total. The maximum absolute atomic E-state index is 12.8. The first-order chi connectivity index (χ1) is 13.4. The summed E-state index contributed by atoms with van der Waals surface area (Å²) in [6.45, 7) is 8.77. The Balaban J connectivity index is 1.97. The number of carbonyl (C=O) groups excluding carboxylic acids is 2. The minimum absolute atomic E-state index is 0.00829. The van der Waals surface area contributed by atoms with E-state index in [4.69, 9.17) is 0 Å². The molecule has 150 valence electrons. The molecule has 4 heteroatoms. The molecular formula is C24H32N2O2. The summed E-state index contributed by atoms with van der Waals surface area (Å²) in [7, 11) is 0. The van der Waals surface area contributed by atoms with E-state index in [0.717, 1.165) is 5.56 Å². The van der Waals surface area contributed by atoms with Gasteiger partial charge in [-0.25, -0.2) is 0 Å². The van der Waals surface area contributed by atoms with Gasteiger partial charge in [0, 0.05) is 12.5 Å². The first-order valence-corrected chi connectivity index (χ1v) is 10.0. The van der Waals surface area contributed by atoms with Crippen molar-refractivity contribution in [3.8, 4) is 0 Å². The van der Waals surface area contributed by atoms with E-state index in [1.807, 2.05) is 62.4 Å². The number of hydrogen-bond donors (Lipinski definition) is 2. The first-order valence-electron chi connectivity index (χ1n) is 10.0. The summed E-state index contributed by atoms with van der Waals surface area (Å²) >= 11 is 0. The number of nitrogens with one attached hydrogen (secondary N) is 2. The molecular weight excluding hydrogens is 348 g/mol. The Hall–Kier alpha value is -2.62. The summed E-state index contributed by atoms with van der Waals surface area (Å²) in [5, 5.41) is 5.97. The largest absolute Gasteiger partial charge is 0.354 e. The summed E-state index contributed by atoms with van der Waals surface area (Å²) < 4.78 is 0. The van der Waals surface area contributed by atoms with Gasteiger partial charge in [-0.3, -0.25) is 9.59 Å². The van der Waals surface area contributed by atoms with Crippen molar-refractivity contribution in [3.05, 3.63) is 71.8 Å². The molecule has 0 saturated heterocycles. The van der Waals surface area contributed by atoms with Crippen LogP contribution in [0.3, 0.4) is 0 Å². The van der Waals surface area contributed by atoms with Gasteiger partial charge in [-0.15, -0.1) is 0 Å². The van der Waals surface area contributed by atoms with E-state index in [1.165, 1.54) is 5.56 Å². The Morgan fingerprint density at radius 2 is 1.39 bits per heavy atom. The van der Waals surface area contributed by atoms with Gasteiger partial charge in [-0.05, 0) is 23.0 Å². The van der Waals surface area contributed by atoms with Crippen LogP contribution in [-0.4, -0.2) is 24.4 Å². The molecule has 2 unspecified atom stereocenters. The van der Waals surface area contributed by atoms with E-state index >= 15 is 0 Å². The second kappa shape index (κ2) is 10.6. The van der Waals surface area contributed by atoms with Crippen LogP contribution in [0.15, 0.2) is 60.7 Å². The molecule has 0 bridgehead atoms. The number of benzene rings is 2. The SMILES string of the molecule is CC(C)C(NC(=O)Cc1ccccc1)C(=O)NCC(c1ccccc1)C(C)C. The van der Waals surface area contributed by atoms with Crippen molar-refractivity contribution in [2.75, 3.05) is 6.54 Å². The fraction of sp³-hybridized carbons (Fsp3) is 0.417. The van der Waals surface area contributed by atoms with Crippen LogP contribution in [0.1, 0.15) is 44.7 Å². The second-order valence-corrected chi connectivity index (χ2v) is 7.96.